The third kappa shape index (κ3) is 4.39. The highest BCUT2D eigenvalue weighted by Crippen LogP contribution is 2.36. The largest absolute Gasteiger partial charge is 0.451 e. The van der Waals surface area contributed by atoms with Gasteiger partial charge in [0.25, 0.3) is 5.91 Å². The second kappa shape index (κ2) is 8.89. The molecule has 0 spiro atoms. The Balaban J connectivity index is 1.35. The van der Waals surface area contributed by atoms with E-state index in [2.05, 4.69) is 21.0 Å². The van der Waals surface area contributed by atoms with Crippen LogP contribution < -0.4 is 10.9 Å². The number of nitrogens with zero attached hydrogens (tertiary/aromatic N) is 4. The number of alkyl halides is 3. The molecule has 4 atom stereocenters. The summed E-state index contributed by atoms with van der Waals surface area (Å²) in [4.78, 5) is 26.7. The average molecular weight is 494 g/mol. The van der Waals surface area contributed by atoms with Gasteiger partial charge in [-0.15, -0.1) is 10.2 Å². The van der Waals surface area contributed by atoms with E-state index in [0.717, 1.165) is 35.8 Å². The Bertz CT molecular complexity index is 1150. The molecular formula is C23H26F4N6O2. The number of halogens is 4. The molecule has 12 heteroatoms. The topological polar surface area (TPSA) is 92.2 Å². The van der Waals surface area contributed by atoms with E-state index in [1.165, 1.54) is 24.0 Å². The van der Waals surface area contributed by atoms with Gasteiger partial charge in [-0.05, 0) is 49.8 Å². The number of rotatable bonds is 3. The second-order valence-electron chi connectivity index (χ2n) is 9.66. The fourth-order valence-electron chi connectivity index (χ4n) is 5.70. The van der Waals surface area contributed by atoms with Crippen LogP contribution in [0.4, 0.5) is 17.6 Å². The molecule has 35 heavy (non-hydrogen) atoms. The molecule has 2 aliphatic heterocycles. The Labute approximate surface area is 199 Å². The molecule has 2 fully saturated rings. The minimum atomic E-state index is -4.66. The van der Waals surface area contributed by atoms with Gasteiger partial charge in [0.05, 0.1) is 18.2 Å². The third-order valence-corrected chi connectivity index (χ3v) is 7.34. The Hall–Kier alpha value is -3.02. The average Bonchev–Trinajstić information content (AvgIpc) is 3.27. The van der Waals surface area contributed by atoms with Crippen LogP contribution in [0, 0.1) is 17.7 Å². The highest BCUT2D eigenvalue weighted by atomic mass is 19.4. The molecule has 1 saturated heterocycles. The van der Waals surface area contributed by atoms with Crippen molar-refractivity contribution >= 4 is 11.8 Å². The Kier molecular flexibility index (Phi) is 6.02. The number of fused-ring (bicyclic) bond motifs is 2. The molecule has 1 saturated carbocycles. The summed E-state index contributed by atoms with van der Waals surface area (Å²) in [5.74, 6) is -2.29. The summed E-state index contributed by atoms with van der Waals surface area (Å²) in [7, 11) is 0. The molecule has 1 aliphatic carbocycles. The highest BCUT2D eigenvalue weighted by molar-refractivity contribution is 5.94. The van der Waals surface area contributed by atoms with Crippen molar-refractivity contribution in [3.8, 4) is 0 Å². The van der Waals surface area contributed by atoms with E-state index in [4.69, 9.17) is 0 Å². The molecular weight excluding hydrogens is 468 g/mol. The first-order chi connectivity index (χ1) is 16.6. The molecule has 188 valence electrons. The standard InChI is InChI=1S/C23H26F4N6O2/c1-12-10-32(11-19-29-31-22(33(12)19)23(25,26)27)21(35)16-8-13(6-7-17(16)24)9-18-14-4-2-3-5-15(14)20(34)30-28-18/h6-8,12,14-15,18,28H,2-5,9-11H2,1H3,(H,30,34). The Morgan fingerprint density at radius 3 is 2.74 bits per heavy atom. The number of hydrogen-bond donors (Lipinski definition) is 2. The van der Waals surface area contributed by atoms with Gasteiger partial charge in [-0.3, -0.25) is 15.0 Å². The van der Waals surface area contributed by atoms with Crippen LogP contribution in [0.5, 0.6) is 0 Å². The molecule has 0 radical (unpaired) electrons. The number of hydrazine groups is 1. The van der Waals surface area contributed by atoms with Crippen LogP contribution in [0.1, 0.15) is 66.2 Å². The van der Waals surface area contributed by atoms with Gasteiger partial charge in [0.15, 0.2) is 5.82 Å². The zero-order chi connectivity index (χ0) is 24.9. The summed E-state index contributed by atoms with van der Waals surface area (Å²) >= 11 is 0. The van der Waals surface area contributed by atoms with Gasteiger partial charge < -0.3 is 9.47 Å². The molecule has 0 bridgehead atoms. The van der Waals surface area contributed by atoms with Gasteiger partial charge >= 0.3 is 6.18 Å². The van der Waals surface area contributed by atoms with Gasteiger partial charge in [-0.25, -0.2) is 9.82 Å². The summed E-state index contributed by atoms with van der Waals surface area (Å²) in [6.07, 6.45) is -0.320. The maximum absolute atomic E-state index is 14.7. The van der Waals surface area contributed by atoms with Crippen LogP contribution in [0.2, 0.25) is 0 Å². The van der Waals surface area contributed by atoms with Crippen molar-refractivity contribution in [2.24, 2.45) is 11.8 Å². The van der Waals surface area contributed by atoms with Gasteiger partial charge in [-0.1, -0.05) is 18.9 Å². The first-order valence-electron chi connectivity index (χ1n) is 11.8. The number of aromatic nitrogens is 3. The molecule has 2 amide bonds. The number of nitrogens with one attached hydrogen (secondary N) is 2. The normalized spacial score (nSPS) is 26.7. The van der Waals surface area contributed by atoms with Crippen LogP contribution in [0.25, 0.3) is 0 Å². The van der Waals surface area contributed by atoms with Gasteiger partial charge in [0.2, 0.25) is 11.7 Å². The third-order valence-electron chi connectivity index (χ3n) is 7.34. The van der Waals surface area contributed by atoms with Crippen molar-refractivity contribution in [1.82, 2.24) is 30.5 Å². The van der Waals surface area contributed by atoms with E-state index >= 15 is 0 Å². The molecule has 5 rings (SSSR count). The minimum absolute atomic E-state index is 0.00155. The Morgan fingerprint density at radius 1 is 1.20 bits per heavy atom. The molecule has 4 unspecified atom stereocenters. The number of amides is 2. The van der Waals surface area contributed by atoms with Gasteiger partial charge in [0, 0.05) is 18.5 Å². The fourth-order valence-corrected chi connectivity index (χ4v) is 5.70. The minimum Gasteiger partial charge on any atom is -0.329 e. The molecule has 1 aromatic heterocycles. The lowest BCUT2D eigenvalue weighted by molar-refractivity contribution is -0.148. The van der Waals surface area contributed by atoms with Crippen LogP contribution in [0.15, 0.2) is 18.2 Å². The molecule has 3 heterocycles. The van der Waals surface area contributed by atoms with Crippen LogP contribution in [0.3, 0.4) is 0 Å². The zero-order valence-corrected chi connectivity index (χ0v) is 19.1. The van der Waals surface area contributed by atoms with E-state index in [-0.39, 0.29) is 48.3 Å². The summed E-state index contributed by atoms with van der Waals surface area (Å²) in [5, 5.41) is 6.88. The maximum Gasteiger partial charge on any atom is 0.451 e. The van der Waals surface area contributed by atoms with E-state index in [0.29, 0.717) is 6.42 Å². The first-order valence-corrected chi connectivity index (χ1v) is 11.8. The molecule has 3 aliphatic rings. The van der Waals surface area contributed by atoms with Crippen molar-refractivity contribution in [1.29, 1.82) is 0 Å². The van der Waals surface area contributed by atoms with E-state index in [1.807, 2.05) is 0 Å². The summed E-state index contributed by atoms with van der Waals surface area (Å²) in [6.45, 7) is 1.31. The predicted molar refractivity (Wildman–Crippen MR) is 115 cm³/mol. The van der Waals surface area contributed by atoms with Crippen LogP contribution >= 0.6 is 0 Å². The van der Waals surface area contributed by atoms with Crippen molar-refractivity contribution < 1.29 is 27.2 Å². The van der Waals surface area contributed by atoms with Crippen molar-refractivity contribution in [3.05, 3.63) is 46.8 Å². The van der Waals surface area contributed by atoms with Crippen molar-refractivity contribution in [2.75, 3.05) is 6.54 Å². The zero-order valence-electron chi connectivity index (χ0n) is 19.1. The monoisotopic (exact) mass is 494 g/mol. The van der Waals surface area contributed by atoms with Gasteiger partial charge in [0.1, 0.15) is 5.82 Å². The first kappa shape index (κ1) is 23.7. The summed E-state index contributed by atoms with van der Waals surface area (Å²) in [6, 6.07) is 3.59. The smallest absolute Gasteiger partial charge is 0.329 e. The predicted octanol–water partition coefficient (Wildman–Crippen LogP) is 3.00. The quantitative estimate of drug-likeness (QED) is 0.641. The Morgan fingerprint density at radius 2 is 1.97 bits per heavy atom. The van der Waals surface area contributed by atoms with E-state index in [9.17, 15) is 27.2 Å². The lowest BCUT2D eigenvalue weighted by Crippen LogP contribution is -2.60. The number of benzene rings is 1. The molecule has 1 aromatic carbocycles. The number of hydrogen-bond acceptors (Lipinski definition) is 5. The summed E-state index contributed by atoms with van der Waals surface area (Å²) < 4.78 is 55.4. The highest BCUT2D eigenvalue weighted by Gasteiger charge is 2.42. The number of carbonyl (C=O) groups excluding carboxylic acids is 2. The SMILES string of the molecule is CC1CN(C(=O)c2cc(CC3NNC(=O)C4CCCCC34)ccc2F)Cc2nnc(C(F)(F)F)n21. The maximum atomic E-state index is 14.7. The molecule has 8 nitrogen and oxygen atoms in total. The van der Waals surface area contributed by atoms with E-state index in [1.54, 1.807) is 6.07 Å². The van der Waals surface area contributed by atoms with Crippen LogP contribution in [-0.2, 0) is 23.9 Å². The van der Waals surface area contributed by atoms with Crippen LogP contribution in [-0.4, -0.2) is 44.1 Å². The lowest BCUT2D eigenvalue weighted by Gasteiger charge is -2.41. The molecule has 2 N–H and O–H groups in total. The van der Waals surface area contributed by atoms with Crippen molar-refractivity contribution in [3.63, 3.8) is 0 Å². The lowest BCUT2D eigenvalue weighted by atomic mass is 9.72. The second-order valence-corrected chi connectivity index (χ2v) is 9.66. The van der Waals surface area contributed by atoms with Gasteiger partial charge in [-0.2, -0.15) is 13.2 Å². The van der Waals surface area contributed by atoms with Crippen molar-refractivity contribution in [2.45, 2.75) is 63.8 Å². The fraction of sp³-hybridized carbons (Fsp3) is 0.565. The summed E-state index contributed by atoms with van der Waals surface area (Å²) in [5.41, 5.74) is 6.42. The molecule has 2 aromatic rings. The number of carbonyl (C=O) groups is 2. The van der Waals surface area contributed by atoms with E-state index < -0.39 is 29.8 Å².